The van der Waals surface area contributed by atoms with Crippen LogP contribution in [0, 0.1) is 0 Å². The molecule has 1 heterocycles. The monoisotopic (exact) mass is 221 g/mol. The molecule has 76 valence electrons. The maximum Gasteiger partial charge on any atom is 0.407 e. The number of anilines is 1. The van der Waals surface area contributed by atoms with Gasteiger partial charge in [0.15, 0.2) is 17.1 Å². The Morgan fingerprint density at radius 1 is 1.79 bits per heavy atom. The molecule has 0 spiro atoms. The summed E-state index contributed by atoms with van der Waals surface area (Å²) in [5.74, 6) is 0. The highest BCUT2D eigenvalue weighted by Crippen LogP contribution is 2.11. The minimum absolute atomic E-state index is 0.114. The van der Waals surface area contributed by atoms with Gasteiger partial charge in [0.1, 0.15) is 5.69 Å². The Morgan fingerprint density at radius 2 is 2.50 bits per heavy atom. The normalized spacial score (nSPS) is 11.8. The van der Waals surface area contributed by atoms with Crippen molar-refractivity contribution in [1.29, 1.82) is 0 Å². The van der Waals surface area contributed by atoms with Gasteiger partial charge in [0.25, 0.3) is 0 Å². The maximum atomic E-state index is 11.6. The van der Waals surface area contributed by atoms with Crippen molar-refractivity contribution in [2.24, 2.45) is 5.16 Å². The summed E-state index contributed by atoms with van der Waals surface area (Å²) in [6.45, 7) is -3.07. The zero-order valence-corrected chi connectivity index (χ0v) is 7.50. The SMILES string of the molecule is Nc1nc(/C(C=O)=N/OC(F)F)cs1. The van der Waals surface area contributed by atoms with E-state index in [1.54, 1.807) is 0 Å². The van der Waals surface area contributed by atoms with Gasteiger partial charge in [0.2, 0.25) is 0 Å². The summed E-state index contributed by atoms with van der Waals surface area (Å²) in [7, 11) is 0. The molecule has 0 amide bonds. The van der Waals surface area contributed by atoms with E-state index in [0.29, 0.717) is 0 Å². The smallest absolute Gasteiger partial charge is 0.375 e. The van der Waals surface area contributed by atoms with Gasteiger partial charge in [0, 0.05) is 5.38 Å². The van der Waals surface area contributed by atoms with Crippen molar-refractivity contribution in [2.75, 3.05) is 5.73 Å². The number of thiazole rings is 1. The fraction of sp³-hybridized carbons (Fsp3) is 0.167. The Kier molecular flexibility index (Phi) is 3.46. The first kappa shape index (κ1) is 10.5. The number of alkyl halides is 2. The summed E-state index contributed by atoms with van der Waals surface area (Å²) in [6, 6.07) is 0. The van der Waals surface area contributed by atoms with Crippen LogP contribution in [0.15, 0.2) is 10.5 Å². The van der Waals surface area contributed by atoms with Gasteiger partial charge in [-0.05, 0) is 0 Å². The molecule has 5 nitrogen and oxygen atoms in total. The first-order valence-corrected chi connectivity index (χ1v) is 4.20. The second-order valence-electron chi connectivity index (χ2n) is 2.03. The van der Waals surface area contributed by atoms with Gasteiger partial charge in [-0.1, -0.05) is 5.16 Å². The van der Waals surface area contributed by atoms with E-state index >= 15 is 0 Å². The Hall–Kier alpha value is -1.57. The summed E-state index contributed by atoms with van der Waals surface area (Å²) >= 11 is 1.07. The number of oxime groups is 1. The molecular formula is C6H5F2N3O2S. The lowest BCUT2D eigenvalue weighted by Gasteiger charge is -1.95. The first-order chi connectivity index (χ1) is 6.63. The second kappa shape index (κ2) is 4.61. The molecule has 0 saturated heterocycles. The molecule has 14 heavy (non-hydrogen) atoms. The number of rotatable bonds is 4. The largest absolute Gasteiger partial charge is 0.407 e. The lowest BCUT2D eigenvalue weighted by Crippen LogP contribution is -2.06. The van der Waals surface area contributed by atoms with Crippen LogP contribution in [0.5, 0.6) is 0 Å². The Bertz CT molecular complexity index is 353. The predicted molar refractivity (Wildman–Crippen MR) is 46.2 cm³/mol. The fourth-order valence-corrected chi connectivity index (χ4v) is 1.19. The topological polar surface area (TPSA) is 77.6 Å². The number of nitrogens with two attached hydrogens (primary N) is 1. The fourth-order valence-electron chi connectivity index (χ4n) is 0.631. The Balaban J connectivity index is 2.81. The molecule has 1 rings (SSSR count). The molecule has 0 aliphatic carbocycles. The third-order valence-corrected chi connectivity index (χ3v) is 1.80. The Morgan fingerprint density at radius 3 is 2.93 bits per heavy atom. The number of carbonyl (C=O) groups excluding carboxylic acids is 1. The summed E-state index contributed by atoms with van der Waals surface area (Å²) in [5.41, 5.74) is 5.07. The number of carbonyl (C=O) groups is 1. The van der Waals surface area contributed by atoms with Gasteiger partial charge in [-0.25, -0.2) is 4.98 Å². The average molecular weight is 221 g/mol. The van der Waals surface area contributed by atoms with E-state index in [1.807, 2.05) is 0 Å². The number of hydrogen-bond acceptors (Lipinski definition) is 6. The molecule has 0 atom stereocenters. The first-order valence-electron chi connectivity index (χ1n) is 3.32. The highest BCUT2D eigenvalue weighted by Gasteiger charge is 2.09. The zero-order valence-electron chi connectivity index (χ0n) is 6.68. The van der Waals surface area contributed by atoms with E-state index in [1.165, 1.54) is 5.38 Å². The van der Waals surface area contributed by atoms with Crippen molar-refractivity contribution in [3.05, 3.63) is 11.1 Å². The standard InChI is InChI=1S/C6H5F2N3O2S/c7-5(8)13-11-3(1-12)4-2-14-6(9)10-4/h1-2,5H,(H2,9,10)/b11-3+. The highest BCUT2D eigenvalue weighted by atomic mass is 32.1. The van der Waals surface area contributed by atoms with Crippen molar-refractivity contribution >= 4 is 28.5 Å². The van der Waals surface area contributed by atoms with E-state index in [4.69, 9.17) is 5.73 Å². The van der Waals surface area contributed by atoms with Gasteiger partial charge in [0.05, 0.1) is 0 Å². The molecule has 0 aliphatic heterocycles. The Labute approximate surface area is 81.2 Å². The summed E-state index contributed by atoms with van der Waals surface area (Å²) in [6.07, 6.45) is 0.261. The number of hydrogen-bond donors (Lipinski definition) is 1. The number of aromatic nitrogens is 1. The lowest BCUT2D eigenvalue weighted by atomic mass is 10.3. The van der Waals surface area contributed by atoms with Crippen LogP contribution < -0.4 is 5.73 Å². The van der Waals surface area contributed by atoms with Crippen LogP contribution in [0.2, 0.25) is 0 Å². The zero-order chi connectivity index (χ0) is 10.6. The van der Waals surface area contributed by atoms with Gasteiger partial charge in [-0.2, -0.15) is 8.78 Å². The predicted octanol–water partition coefficient (Wildman–Crippen LogP) is 0.868. The van der Waals surface area contributed by atoms with E-state index in [9.17, 15) is 13.6 Å². The molecule has 0 aromatic carbocycles. The summed E-state index contributed by atoms with van der Waals surface area (Å²) in [4.78, 5) is 17.7. The molecule has 0 radical (unpaired) electrons. The summed E-state index contributed by atoms with van der Waals surface area (Å²) in [5, 5.41) is 4.54. The van der Waals surface area contributed by atoms with Gasteiger partial charge in [-0.3, -0.25) is 4.79 Å². The molecule has 0 aliphatic rings. The molecule has 0 bridgehead atoms. The number of nitrogen functional groups attached to an aromatic ring is 1. The van der Waals surface area contributed by atoms with Crippen LogP contribution >= 0.6 is 11.3 Å². The second-order valence-corrected chi connectivity index (χ2v) is 2.92. The quantitative estimate of drug-likeness (QED) is 0.465. The number of aldehydes is 1. The van der Waals surface area contributed by atoms with E-state index in [-0.39, 0.29) is 22.8 Å². The third-order valence-electron chi connectivity index (χ3n) is 1.13. The minimum Gasteiger partial charge on any atom is -0.375 e. The van der Waals surface area contributed by atoms with E-state index in [0.717, 1.165) is 11.3 Å². The van der Waals surface area contributed by atoms with Crippen molar-refractivity contribution < 1.29 is 18.4 Å². The van der Waals surface area contributed by atoms with Crippen LogP contribution in [-0.4, -0.2) is 23.6 Å². The van der Waals surface area contributed by atoms with E-state index in [2.05, 4.69) is 15.0 Å². The molecule has 1 aromatic rings. The molecule has 1 aromatic heterocycles. The molecule has 0 saturated carbocycles. The number of halogens is 2. The molecule has 2 N–H and O–H groups in total. The van der Waals surface area contributed by atoms with Crippen molar-refractivity contribution in [3.8, 4) is 0 Å². The lowest BCUT2D eigenvalue weighted by molar-refractivity contribution is -0.128. The minimum atomic E-state index is -3.07. The highest BCUT2D eigenvalue weighted by molar-refractivity contribution is 7.13. The van der Waals surface area contributed by atoms with E-state index < -0.39 is 6.61 Å². The third kappa shape index (κ3) is 2.73. The van der Waals surface area contributed by atoms with Gasteiger partial charge >= 0.3 is 6.61 Å². The molecule has 0 unspecified atom stereocenters. The van der Waals surface area contributed by atoms with Crippen LogP contribution in [0.25, 0.3) is 0 Å². The van der Waals surface area contributed by atoms with Crippen molar-refractivity contribution in [2.45, 2.75) is 6.61 Å². The van der Waals surface area contributed by atoms with Gasteiger partial charge in [-0.15, -0.1) is 11.3 Å². The van der Waals surface area contributed by atoms with Gasteiger partial charge < -0.3 is 10.6 Å². The van der Waals surface area contributed by atoms with Crippen LogP contribution in [0.3, 0.4) is 0 Å². The number of nitrogens with zero attached hydrogens (tertiary/aromatic N) is 2. The molecule has 0 fully saturated rings. The maximum absolute atomic E-state index is 11.6. The van der Waals surface area contributed by atoms with Crippen LogP contribution in [0.4, 0.5) is 13.9 Å². The molecule has 8 heteroatoms. The van der Waals surface area contributed by atoms with Crippen LogP contribution in [-0.2, 0) is 9.63 Å². The van der Waals surface area contributed by atoms with Crippen molar-refractivity contribution in [3.63, 3.8) is 0 Å². The molecular weight excluding hydrogens is 216 g/mol. The van der Waals surface area contributed by atoms with Crippen molar-refractivity contribution in [1.82, 2.24) is 4.98 Å². The summed E-state index contributed by atoms with van der Waals surface area (Å²) < 4.78 is 23.1. The average Bonchev–Trinajstić information content (AvgIpc) is 2.53. The van der Waals surface area contributed by atoms with Crippen LogP contribution in [0.1, 0.15) is 5.69 Å².